The molecule has 0 heterocycles. The molecule has 0 radical (unpaired) electrons. The van der Waals surface area contributed by atoms with E-state index in [2.05, 4.69) is 5.32 Å². The molecule has 1 N–H and O–H groups in total. The number of amides is 2. The molecule has 3 aromatic rings. The maximum Gasteiger partial charge on any atom is 0.304 e. The van der Waals surface area contributed by atoms with Crippen molar-refractivity contribution in [3.8, 4) is 0 Å². The van der Waals surface area contributed by atoms with E-state index < -0.39 is 40.4 Å². The normalized spacial score (nSPS) is 12.2. The maximum absolute atomic E-state index is 14.1. The van der Waals surface area contributed by atoms with Crippen molar-refractivity contribution in [2.45, 2.75) is 25.9 Å². The molecule has 0 unspecified atom stereocenters. The van der Waals surface area contributed by atoms with Gasteiger partial charge in [-0.3, -0.25) is 9.59 Å². The summed E-state index contributed by atoms with van der Waals surface area (Å²) < 4.78 is 42.1. The predicted octanol–water partition coefficient (Wildman–Crippen LogP) is 4.52. The van der Waals surface area contributed by atoms with Crippen molar-refractivity contribution in [2.24, 2.45) is 0 Å². The number of carbonyl (C=O) groups is 2. The summed E-state index contributed by atoms with van der Waals surface area (Å²) in [6.45, 7) is 1.24. The van der Waals surface area contributed by atoms with Crippen molar-refractivity contribution in [1.82, 2.24) is 14.5 Å². The minimum atomic E-state index is -4.19. The largest absolute Gasteiger partial charge is 0.355 e. The second kappa shape index (κ2) is 13.9. The van der Waals surface area contributed by atoms with Crippen molar-refractivity contribution in [2.75, 3.05) is 31.5 Å². The number of hydrogen-bond acceptors (Lipinski definition) is 4. The lowest BCUT2D eigenvalue weighted by molar-refractivity contribution is -0.140. The average Bonchev–Trinajstić information content (AvgIpc) is 2.91. The zero-order chi connectivity index (χ0) is 29.4. The number of carbonyl (C=O) groups excluding carboxylic acids is 2. The third kappa shape index (κ3) is 7.72. The summed E-state index contributed by atoms with van der Waals surface area (Å²) in [6.07, 6.45) is 0.150. The van der Waals surface area contributed by atoms with Gasteiger partial charge < -0.3 is 10.2 Å². The molecule has 0 aliphatic heterocycles. The van der Waals surface area contributed by atoms with Crippen LogP contribution in [0.15, 0.2) is 72.8 Å². The van der Waals surface area contributed by atoms with Gasteiger partial charge in [0.05, 0.1) is 5.69 Å². The molecule has 2 amide bonds. The van der Waals surface area contributed by atoms with Gasteiger partial charge in [0.1, 0.15) is 18.4 Å². The van der Waals surface area contributed by atoms with Crippen LogP contribution in [0.2, 0.25) is 10.0 Å². The maximum atomic E-state index is 14.1. The quantitative estimate of drug-likeness (QED) is 0.327. The molecule has 0 bridgehead atoms. The SMILES string of the molecule is CCNC(=O)[C@H](Cc1ccccc1)N(Cc1c(Cl)cccc1Cl)C(=O)CN(c1ccc(F)cc1)S(=O)(=O)N(C)C. The van der Waals surface area contributed by atoms with Gasteiger partial charge in [0.2, 0.25) is 11.8 Å². The summed E-state index contributed by atoms with van der Waals surface area (Å²) in [7, 11) is -1.55. The molecule has 3 aromatic carbocycles. The van der Waals surface area contributed by atoms with E-state index in [1.165, 1.54) is 31.1 Å². The van der Waals surface area contributed by atoms with Crippen LogP contribution >= 0.6 is 23.2 Å². The van der Waals surface area contributed by atoms with Crippen LogP contribution in [0.3, 0.4) is 0 Å². The predicted molar refractivity (Wildman–Crippen MR) is 156 cm³/mol. The standard InChI is InChI=1S/C28H31Cl2FN4O4S/c1-4-32-28(37)26(17-20-9-6-5-7-10-20)34(18-23-24(29)11-8-12-25(23)30)27(36)19-35(40(38,39)33(2)3)22-15-13-21(31)14-16-22/h5-16,26H,4,17-19H2,1-3H3,(H,32,37)/t26-/m0/s1. The molecule has 0 saturated heterocycles. The molecule has 0 aliphatic carbocycles. The van der Waals surface area contributed by atoms with E-state index >= 15 is 0 Å². The smallest absolute Gasteiger partial charge is 0.304 e. The number of benzene rings is 3. The van der Waals surface area contributed by atoms with E-state index in [-0.39, 0.29) is 28.7 Å². The van der Waals surface area contributed by atoms with Crippen molar-refractivity contribution in [1.29, 1.82) is 0 Å². The van der Waals surface area contributed by atoms with Crippen molar-refractivity contribution in [3.05, 3.63) is 99.8 Å². The van der Waals surface area contributed by atoms with Gasteiger partial charge in [0, 0.05) is 49.2 Å². The topological polar surface area (TPSA) is 90.0 Å². The number of likely N-dealkylation sites (N-methyl/N-ethyl adjacent to an activating group) is 1. The first kappa shape index (κ1) is 31.3. The summed E-state index contributed by atoms with van der Waals surface area (Å²) in [5.74, 6) is -1.67. The van der Waals surface area contributed by atoms with Crippen molar-refractivity contribution >= 4 is 50.9 Å². The third-order valence-electron chi connectivity index (χ3n) is 6.15. The second-order valence-electron chi connectivity index (χ2n) is 9.10. The highest BCUT2D eigenvalue weighted by Gasteiger charge is 2.35. The zero-order valence-electron chi connectivity index (χ0n) is 22.4. The first-order valence-corrected chi connectivity index (χ1v) is 14.6. The van der Waals surface area contributed by atoms with Crippen LogP contribution in [0.1, 0.15) is 18.1 Å². The molecule has 214 valence electrons. The molecule has 40 heavy (non-hydrogen) atoms. The number of anilines is 1. The fourth-order valence-corrected chi connectivity index (χ4v) is 5.60. The number of nitrogens with one attached hydrogen (secondary N) is 1. The van der Waals surface area contributed by atoms with Gasteiger partial charge in [0.25, 0.3) is 0 Å². The molecule has 0 saturated carbocycles. The highest BCUT2D eigenvalue weighted by atomic mass is 35.5. The monoisotopic (exact) mass is 608 g/mol. The summed E-state index contributed by atoms with van der Waals surface area (Å²) in [5.41, 5.74) is 1.28. The van der Waals surface area contributed by atoms with Crippen LogP contribution < -0.4 is 9.62 Å². The first-order valence-electron chi connectivity index (χ1n) is 12.5. The molecule has 0 spiro atoms. The Morgan fingerprint density at radius 1 is 0.925 bits per heavy atom. The summed E-state index contributed by atoms with van der Waals surface area (Å²) >= 11 is 12.9. The van der Waals surface area contributed by atoms with Gasteiger partial charge in [-0.25, -0.2) is 8.70 Å². The Labute approximate surface area is 244 Å². The number of halogens is 3. The Morgan fingerprint density at radius 2 is 1.52 bits per heavy atom. The lowest BCUT2D eigenvalue weighted by atomic mass is 10.0. The van der Waals surface area contributed by atoms with Gasteiger partial charge in [0.15, 0.2) is 0 Å². The van der Waals surface area contributed by atoms with Crippen LogP contribution in [0.25, 0.3) is 0 Å². The van der Waals surface area contributed by atoms with Crippen LogP contribution in [0, 0.1) is 5.82 Å². The third-order valence-corrected chi connectivity index (χ3v) is 8.67. The van der Waals surface area contributed by atoms with Gasteiger partial charge in [-0.15, -0.1) is 0 Å². The summed E-state index contributed by atoms with van der Waals surface area (Å²) in [5, 5.41) is 3.35. The average molecular weight is 610 g/mol. The molecule has 0 aromatic heterocycles. The minimum Gasteiger partial charge on any atom is -0.355 e. The van der Waals surface area contributed by atoms with E-state index in [0.29, 0.717) is 12.1 Å². The van der Waals surface area contributed by atoms with Crippen molar-refractivity contribution in [3.63, 3.8) is 0 Å². The van der Waals surface area contributed by atoms with Gasteiger partial charge in [-0.2, -0.15) is 12.7 Å². The van der Waals surface area contributed by atoms with Crippen LogP contribution in [-0.4, -0.2) is 62.7 Å². The second-order valence-corrected chi connectivity index (χ2v) is 12.0. The molecular weight excluding hydrogens is 578 g/mol. The minimum absolute atomic E-state index is 0.0804. The van der Waals surface area contributed by atoms with Gasteiger partial charge in [-0.05, 0) is 48.9 Å². The number of rotatable bonds is 12. The molecule has 12 heteroatoms. The molecule has 0 fully saturated rings. The van der Waals surface area contributed by atoms with E-state index in [1.807, 2.05) is 30.3 Å². The van der Waals surface area contributed by atoms with Crippen LogP contribution in [-0.2, 0) is 32.8 Å². The van der Waals surface area contributed by atoms with E-state index in [9.17, 15) is 22.4 Å². The lowest BCUT2D eigenvalue weighted by Gasteiger charge is -2.34. The van der Waals surface area contributed by atoms with Crippen LogP contribution in [0.4, 0.5) is 10.1 Å². The van der Waals surface area contributed by atoms with E-state index in [4.69, 9.17) is 23.2 Å². The highest BCUT2D eigenvalue weighted by molar-refractivity contribution is 7.90. The fraction of sp³-hybridized carbons (Fsp3) is 0.286. The van der Waals surface area contributed by atoms with E-state index in [0.717, 1.165) is 26.3 Å². The molecule has 8 nitrogen and oxygen atoms in total. The first-order chi connectivity index (χ1) is 18.9. The summed E-state index contributed by atoms with van der Waals surface area (Å²) in [6, 6.07) is 17.7. The molecule has 1 atom stereocenters. The van der Waals surface area contributed by atoms with Crippen molar-refractivity contribution < 1.29 is 22.4 Å². The Balaban J connectivity index is 2.12. The fourth-order valence-electron chi connectivity index (χ4n) is 4.02. The Kier molecular flexibility index (Phi) is 10.9. The number of nitrogens with zero attached hydrogens (tertiary/aromatic N) is 3. The Morgan fingerprint density at radius 3 is 2.08 bits per heavy atom. The molecule has 0 aliphatic rings. The molecular formula is C28H31Cl2FN4O4S. The van der Waals surface area contributed by atoms with Gasteiger partial charge >= 0.3 is 10.2 Å². The Hall–Kier alpha value is -3.18. The highest BCUT2D eigenvalue weighted by Crippen LogP contribution is 2.28. The zero-order valence-corrected chi connectivity index (χ0v) is 24.7. The van der Waals surface area contributed by atoms with Crippen LogP contribution in [0.5, 0.6) is 0 Å². The lowest BCUT2D eigenvalue weighted by Crippen LogP contribution is -2.54. The van der Waals surface area contributed by atoms with E-state index in [1.54, 1.807) is 25.1 Å². The van der Waals surface area contributed by atoms with Gasteiger partial charge in [-0.1, -0.05) is 59.6 Å². The molecule has 3 rings (SSSR count). The summed E-state index contributed by atoms with van der Waals surface area (Å²) in [4.78, 5) is 28.8. The number of hydrogen-bond donors (Lipinski definition) is 1. The Bertz CT molecular complexity index is 1400.